The van der Waals surface area contributed by atoms with Gasteiger partial charge in [-0.05, 0) is 61.5 Å². The lowest BCUT2D eigenvalue weighted by Crippen LogP contribution is -2.22. The maximum Gasteiger partial charge on any atom is 0.255 e. The van der Waals surface area contributed by atoms with Crippen LogP contribution in [0.3, 0.4) is 0 Å². The third kappa shape index (κ3) is 6.01. The Morgan fingerprint density at radius 1 is 0.938 bits per heavy atom. The highest BCUT2D eigenvalue weighted by Gasteiger charge is 2.17. The fourth-order valence-electron chi connectivity index (χ4n) is 2.85. The predicted octanol–water partition coefficient (Wildman–Crippen LogP) is 5.21. The molecule has 0 heterocycles. The summed E-state index contributed by atoms with van der Waals surface area (Å²) in [6.45, 7) is 1.79. The highest BCUT2D eigenvalue weighted by molar-refractivity contribution is 8.00. The molecule has 2 amide bonds. The topological polar surface area (TPSA) is 76.7 Å². The van der Waals surface area contributed by atoms with E-state index in [-0.39, 0.29) is 11.8 Å². The zero-order chi connectivity index (χ0) is 23.1. The first-order chi connectivity index (χ1) is 15.4. The summed E-state index contributed by atoms with van der Waals surface area (Å²) in [6, 6.07) is 17.6. The Labute approximate surface area is 190 Å². The van der Waals surface area contributed by atoms with Gasteiger partial charge in [0.1, 0.15) is 17.3 Å². The first-order valence-electron chi connectivity index (χ1n) is 9.76. The molecule has 0 fully saturated rings. The average molecular weight is 455 g/mol. The Balaban J connectivity index is 1.64. The number of nitrogens with one attached hydrogen (secondary N) is 2. The van der Waals surface area contributed by atoms with E-state index in [1.807, 2.05) is 6.07 Å². The van der Waals surface area contributed by atoms with E-state index in [0.717, 1.165) is 4.90 Å². The predicted molar refractivity (Wildman–Crippen MR) is 124 cm³/mol. The SMILES string of the molecule is COc1ccc(NC(=O)C(C)Sc2cccc(NC(=O)c3ccc(F)cc3)c2)c(OC)c1. The van der Waals surface area contributed by atoms with Crippen molar-refractivity contribution in [2.45, 2.75) is 17.1 Å². The van der Waals surface area contributed by atoms with Gasteiger partial charge in [-0.1, -0.05) is 6.07 Å². The Morgan fingerprint density at radius 3 is 2.38 bits per heavy atom. The third-order valence-corrected chi connectivity index (χ3v) is 5.64. The lowest BCUT2D eigenvalue weighted by Gasteiger charge is -2.15. The van der Waals surface area contributed by atoms with E-state index in [4.69, 9.17) is 9.47 Å². The normalized spacial score (nSPS) is 11.4. The van der Waals surface area contributed by atoms with Crippen LogP contribution in [0.2, 0.25) is 0 Å². The zero-order valence-corrected chi connectivity index (χ0v) is 18.7. The van der Waals surface area contributed by atoms with Crippen molar-refractivity contribution in [3.05, 3.63) is 78.1 Å². The standard InChI is InChI=1S/C24H23FN2O4S/c1-15(23(28)27-21-12-11-19(30-2)14-22(21)31-3)32-20-6-4-5-18(13-20)26-24(29)16-7-9-17(25)10-8-16/h4-15H,1-3H3,(H,26,29)(H,27,28). The van der Waals surface area contributed by atoms with Crippen LogP contribution in [0.15, 0.2) is 71.6 Å². The molecule has 3 rings (SSSR count). The number of amides is 2. The molecule has 3 aromatic rings. The summed E-state index contributed by atoms with van der Waals surface area (Å²) < 4.78 is 23.5. The minimum atomic E-state index is -0.412. The van der Waals surface area contributed by atoms with Gasteiger partial charge in [0, 0.05) is 22.2 Å². The summed E-state index contributed by atoms with van der Waals surface area (Å²) in [7, 11) is 3.08. The van der Waals surface area contributed by atoms with Gasteiger partial charge in [-0.25, -0.2) is 4.39 Å². The average Bonchev–Trinajstić information content (AvgIpc) is 2.79. The molecular formula is C24H23FN2O4S. The van der Waals surface area contributed by atoms with E-state index in [9.17, 15) is 14.0 Å². The molecule has 0 aliphatic rings. The van der Waals surface area contributed by atoms with Gasteiger partial charge in [0.25, 0.3) is 5.91 Å². The fraction of sp³-hybridized carbons (Fsp3) is 0.167. The van der Waals surface area contributed by atoms with Crippen LogP contribution in [0, 0.1) is 5.82 Å². The van der Waals surface area contributed by atoms with E-state index in [0.29, 0.717) is 28.4 Å². The lowest BCUT2D eigenvalue weighted by atomic mass is 10.2. The second-order valence-electron chi connectivity index (χ2n) is 6.80. The van der Waals surface area contributed by atoms with Crippen molar-refractivity contribution in [2.75, 3.05) is 24.9 Å². The van der Waals surface area contributed by atoms with Crippen molar-refractivity contribution in [1.82, 2.24) is 0 Å². The van der Waals surface area contributed by atoms with E-state index in [1.54, 1.807) is 50.4 Å². The number of methoxy groups -OCH3 is 2. The first kappa shape index (κ1) is 23.1. The fourth-order valence-corrected chi connectivity index (χ4v) is 3.77. The lowest BCUT2D eigenvalue weighted by molar-refractivity contribution is -0.115. The highest BCUT2D eigenvalue weighted by atomic mass is 32.2. The minimum Gasteiger partial charge on any atom is -0.497 e. The highest BCUT2D eigenvalue weighted by Crippen LogP contribution is 2.31. The molecule has 0 saturated heterocycles. The van der Waals surface area contributed by atoms with Gasteiger partial charge in [0.2, 0.25) is 5.91 Å². The van der Waals surface area contributed by atoms with Gasteiger partial charge in [0.15, 0.2) is 0 Å². The van der Waals surface area contributed by atoms with Crippen molar-refractivity contribution in [3.63, 3.8) is 0 Å². The van der Waals surface area contributed by atoms with Crippen molar-refractivity contribution in [3.8, 4) is 11.5 Å². The van der Waals surface area contributed by atoms with Crippen molar-refractivity contribution < 1.29 is 23.5 Å². The number of carbonyl (C=O) groups excluding carboxylic acids is 2. The van der Waals surface area contributed by atoms with Gasteiger partial charge in [0.05, 0.1) is 25.2 Å². The number of carbonyl (C=O) groups is 2. The maximum absolute atomic E-state index is 13.1. The van der Waals surface area contributed by atoms with Crippen molar-refractivity contribution in [1.29, 1.82) is 0 Å². The summed E-state index contributed by atoms with van der Waals surface area (Å²) in [5.74, 6) is 0.186. The summed E-state index contributed by atoms with van der Waals surface area (Å²) in [5.41, 5.74) is 1.48. The number of anilines is 2. The van der Waals surface area contributed by atoms with Gasteiger partial charge in [-0.15, -0.1) is 11.8 Å². The second kappa shape index (κ2) is 10.7. The van der Waals surface area contributed by atoms with Crippen LogP contribution in [0.1, 0.15) is 17.3 Å². The molecule has 8 heteroatoms. The van der Waals surface area contributed by atoms with Crippen LogP contribution in [0.25, 0.3) is 0 Å². The van der Waals surface area contributed by atoms with Gasteiger partial charge in [-0.3, -0.25) is 9.59 Å². The molecule has 1 unspecified atom stereocenters. The molecule has 0 radical (unpaired) electrons. The van der Waals surface area contributed by atoms with E-state index < -0.39 is 11.1 Å². The van der Waals surface area contributed by atoms with Crippen LogP contribution in [-0.4, -0.2) is 31.3 Å². The molecule has 0 aromatic heterocycles. The number of ether oxygens (including phenoxy) is 2. The van der Waals surface area contributed by atoms with Crippen LogP contribution in [0.4, 0.5) is 15.8 Å². The zero-order valence-electron chi connectivity index (χ0n) is 17.8. The molecule has 6 nitrogen and oxygen atoms in total. The Kier molecular flexibility index (Phi) is 7.72. The molecule has 3 aromatic carbocycles. The molecule has 2 N–H and O–H groups in total. The Morgan fingerprint density at radius 2 is 1.69 bits per heavy atom. The minimum absolute atomic E-state index is 0.195. The van der Waals surface area contributed by atoms with Crippen LogP contribution >= 0.6 is 11.8 Å². The third-order valence-electron chi connectivity index (χ3n) is 4.55. The summed E-state index contributed by atoms with van der Waals surface area (Å²) in [4.78, 5) is 25.9. The molecule has 166 valence electrons. The first-order valence-corrected chi connectivity index (χ1v) is 10.6. The molecular weight excluding hydrogens is 431 g/mol. The molecule has 0 saturated carbocycles. The maximum atomic E-state index is 13.1. The van der Waals surface area contributed by atoms with E-state index in [1.165, 1.54) is 43.1 Å². The van der Waals surface area contributed by atoms with E-state index >= 15 is 0 Å². The monoisotopic (exact) mass is 454 g/mol. The summed E-state index contributed by atoms with van der Waals surface area (Å²) in [6.07, 6.45) is 0. The number of thioether (sulfide) groups is 1. The van der Waals surface area contributed by atoms with Crippen LogP contribution in [0.5, 0.6) is 11.5 Å². The van der Waals surface area contributed by atoms with Crippen molar-refractivity contribution >= 4 is 35.0 Å². The molecule has 0 aliphatic carbocycles. The number of hydrogen-bond acceptors (Lipinski definition) is 5. The smallest absolute Gasteiger partial charge is 0.255 e. The van der Waals surface area contributed by atoms with Crippen LogP contribution in [-0.2, 0) is 4.79 Å². The molecule has 1 atom stereocenters. The quantitative estimate of drug-likeness (QED) is 0.457. The Hall–Kier alpha value is -3.52. The van der Waals surface area contributed by atoms with Gasteiger partial charge >= 0.3 is 0 Å². The number of hydrogen-bond donors (Lipinski definition) is 2. The largest absolute Gasteiger partial charge is 0.497 e. The van der Waals surface area contributed by atoms with Gasteiger partial charge < -0.3 is 20.1 Å². The summed E-state index contributed by atoms with van der Waals surface area (Å²) in [5, 5.41) is 5.24. The number of benzene rings is 3. The molecule has 0 bridgehead atoms. The van der Waals surface area contributed by atoms with Gasteiger partial charge in [-0.2, -0.15) is 0 Å². The van der Waals surface area contributed by atoms with Crippen molar-refractivity contribution in [2.24, 2.45) is 0 Å². The Bertz CT molecular complexity index is 1110. The number of rotatable bonds is 8. The summed E-state index contributed by atoms with van der Waals surface area (Å²) >= 11 is 1.35. The van der Waals surface area contributed by atoms with Crippen LogP contribution < -0.4 is 20.1 Å². The second-order valence-corrected chi connectivity index (χ2v) is 8.22. The number of halogens is 1. The van der Waals surface area contributed by atoms with E-state index in [2.05, 4.69) is 10.6 Å². The molecule has 0 spiro atoms. The molecule has 0 aliphatic heterocycles. The molecule has 32 heavy (non-hydrogen) atoms.